The molecule has 0 radical (unpaired) electrons. The van der Waals surface area contributed by atoms with Crippen molar-refractivity contribution >= 4 is 38.2 Å². The Morgan fingerprint density at radius 2 is 1.72 bits per heavy atom. The number of hydrogen-bond donors (Lipinski definition) is 1. The molecular weight excluding hydrogens is 663 g/mol. The Hall–Kier alpha value is -4.85. The van der Waals surface area contributed by atoms with Gasteiger partial charge in [-0.3, -0.25) is 9.69 Å². The van der Waals surface area contributed by atoms with E-state index < -0.39 is 5.92 Å². The Morgan fingerprint density at radius 1 is 1.02 bits per heavy atom. The van der Waals surface area contributed by atoms with Crippen LogP contribution >= 0.6 is 27.3 Å². The predicted octanol–water partition coefficient (Wildman–Crippen LogP) is 8.51. The van der Waals surface area contributed by atoms with Crippen molar-refractivity contribution in [1.29, 1.82) is 5.26 Å². The van der Waals surface area contributed by atoms with Crippen molar-refractivity contribution in [3.63, 3.8) is 0 Å². The average molecular weight is 692 g/mol. The second kappa shape index (κ2) is 11.5. The summed E-state index contributed by atoms with van der Waals surface area (Å²) in [6, 6.07) is 26.1. The average Bonchev–Trinajstić information content (AvgIpc) is 3.70. The molecule has 46 heavy (non-hydrogen) atoms. The molecule has 1 aliphatic heterocycles. The minimum absolute atomic E-state index is 0.0361. The number of halogens is 2. The van der Waals surface area contributed by atoms with Gasteiger partial charge in [-0.05, 0) is 60.4 Å². The summed E-state index contributed by atoms with van der Waals surface area (Å²) in [7, 11) is 0. The second-order valence-electron chi connectivity index (χ2n) is 12.2. The van der Waals surface area contributed by atoms with Crippen molar-refractivity contribution in [2.75, 3.05) is 4.90 Å². The number of allylic oxidation sites excluding steroid dienone is 3. The third-order valence-corrected chi connectivity index (χ3v) is 9.75. The molecule has 1 aliphatic carbocycles. The maximum absolute atomic E-state index is 14.3. The van der Waals surface area contributed by atoms with Crippen LogP contribution < -0.4 is 10.6 Å². The minimum atomic E-state index is -0.729. The molecule has 0 amide bonds. The van der Waals surface area contributed by atoms with Crippen LogP contribution in [0.4, 0.5) is 9.52 Å². The van der Waals surface area contributed by atoms with E-state index in [2.05, 4.69) is 35.8 Å². The molecule has 2 aromatic heterocycles. The van der Waals surface area contributed by atoms with E-state index in [1.165, 1.54) is 23.5 Å². The fourth-order valence-corrected chi connectivity index (χ4v) is 7.44. The smallest absolute Gasteiger partial charge is 0.195 e. The molecule has 0 spiro atoms. The van der Waals surface area contributed by atoms with Gasteiger partial charge in [0.2, 0.25) is 0 Å². The van der Waals surface area contributed by atoms with Gasteiger partial charge in [0, 0.05) is 50.4 Å². The number of benzene rings is 3. The highest BCUT2D eigenvalue weighted by atomic mass is 79.9. The van der Waals surface area contributed by atoms with Crippen molar-refractivity contribution < 1.29 is 9.18 Å². The van der Waals surface area contributed by atoms with E-state index >= 15 is 0 Å². The van der Waals surface area contributed by atoms with Gasteiger partial charge in [0.15, 0.2) is 10.9 Å². The van der Waals surface area contributed by atoms with Crippen LogP contribution in [0.25, 0.3) is 28.2 Å². The number of carbonyl (C=O) groups excluding carboxylic acids is 1. The zero-order valence-corrected chi connectivity index (χ0v) is 27.4. The quantitative estimate of drug-likeness (QED) is 0.198. The molecule has 3 heterocycles. The number of carbonyl (C=O) groups is 1. The Kier molecular flexibility index (Phi) is 7.46. The largest absolute Gasteiger partial charge is 0.384 e. The molecule has 7 rings (SSSR count). The summed E-state index contributed by atoms with van der Waals surface area (Å²) in [6.07, 6.45) is 2.79. The normalized spacial score (nSPS) is 17.7. The van der Waals surface area contributed by atoms with Crippen molar-refractivity contribution in [2.24, 2.45) is 11.1 Å². The second-order valence-corrected chi connectivity index (χ2v) is 14.0. The lowest BCUT2D eigenvalue weighted by Crippen LogP contribution is -2.42. The summed E-state index contributed by atoms with van der Waals surface area (Å²) >= 11 is 4.88. The van der Waals surface area contributed by atoms with E-state index in [0.29, 0.717) is 34.9 Å². The number of anilines is 1. The maximum Gasteiger partial charge on any atom is 0.195 e. The summed E-state index contributed by atoms with van der Waals surface area (Å²) < 4.78 is 16.3. The summed E-state index contributed by atoms with van der Waals surface area (Å²) in [5.74, 6) is -0.868. The Labute approximate surface area is 278 Å². The van der Waals surface area contributed by atoms with Crippen LogP contribution in [0.1, 0.15) is 38.2 Å². The van der Waals surface area contributed by atoms with E-state index in [1.807, 2.05) is 66.2 Å². The molecule has 1 atom stereocenters. The number of ketones is 1. The fourth-order valence-electron chi connectivity index (χ4n) is 6.30. The van der Waals surface area contributed by atoms with Crippen molar-refractivity contribution in [1.82, 2.24) is 14.8 Å². The third kappa shape index (κ3) is 5.25. The minimum Gasteiger partial charge on any atom is -0.384 e. The first-order valence-corrected chi connectivity index (χ1v) is 16.4. The van der Waals surface area contributed by atoms with Gasteiger partial charge in [0.25, 0.3) is 0 Å². The lowest BCUT2D eigenvalue weighted by Gasteiger charge is -2.42. The zero-order chi connectivity index (χ0) is 32.2. The van der Waals surface area contributed by atoms with Gasteiger partial charge >= 0.3 is 0 Å². The number of nitrogens with zero attached hydrogens (tertiary/aromatic N) is 5. The molecule has 7 nitrogen and oxygen atoms in total. The monoisotopic (exact) mass is 690 g/mol. The summed E-state index contributed by atoms with van der Waals surface area (Å²) in [5.41, 5.74) is 12.6. The summed E-state index contributed by atoms with van der Waals surface area (Å²) in [4.78, 5) is 20.9. The van der Waals surface area contributed by atoms with E-state index in [1.54, 1.807) is 21.7 Å². The molecule has 2 N–H and O–H groups in total. The zero-order valence-electron chi connectivity index (χ0n) is 25.0. The lowest BCUT2D eigenvalue weighted by molar-refractivity contribution is -0.118. The summed E-state index contributed by atoms with van der Waals surface area (Å²) in [6.45, 7) is 4.13. The molecule has 228 valence electrons. The van der Waals surface area contributed by atoms with Gasteiger partial charge in [-0.25, -0.2) is 14.1 Å². The van der Waals surface area contributed by atoms with Crippen molar-refractivity contribution in [2.45, 2.75) is 32.6 Å². The Bertz CT molecular complexity index is 2090. The molecular formula is C36H28BrFN6OS. The highest BCUT2D eigenvalue weighted by Gasteiger charge is 2.46. The molecule has 0 saturated carbocycles. The summed E-state index contributed by atoms with van der Waals surface area (Å²) in [5, 5.41) is 18.1. The molecule has 5 aromatic rings. The third-order valence-electron chi connectivity index (χ3n) is 8.40. The fraction of sp³-hybridized carbons (Fsp3) is 0.167. The molecule has 2 aliphatic rings. The molecule has 3 aromatic carbocycles. The van der Waals surface area contributed by atoms with Crippen LogP contribution in [-0.4, -0.2) is 20.5 Å². The first-order chi connectivity index (χ1) is 22.1. The number of hydrogen-bond acceptors (Lipinski definition) is 7. The Balaban J connectivity index is 1.44. The number of rotatable bonds is 5. The molecule has 0 bridgehead atoms. The van der Waals surface area contributed by atoms with Crippen LogP contribution in [-0.2, 0) is 4.79 Å². The standard InChI is InChI=1S/C36H28BrFN6OS/c1-36(2)16-29-32(30(45)17-36)31(26(18-39)34(40)44(29)35-41-28(20-46-35)21-10-14-24(38)15-11-21)27-19-43(25-6-4-3-5-7-25)42-33(27)22-8-12-23(37)13-9-22/h3-15,19-20,31H,16-17,40H2,1-2H3. The van der Waals surface area contributed by atoms with Gasteiger partial charge in [-0.1, -0.05) is 60.1 Å². The number of thiazole rings is 1. The SMILES string of the molecule is CC1(C)CC(=O)C2=C(C1)N(c1nc(-c3ccc(F)cc3)cs1)C(N)=C(C#N)C2c1cn(-c2ccccc2)nc1-c1ccc(Br)cc1. The van der Waals surface area contributed by atoms with Crippen LogP contribution in [0, 0.1) is 22.6 Å². The van der Waals surface area contributed by atoms with E-state index in [4.69, 9.17) is 15.8 Å². The molecule has 0 saturated heterocycles. The van der Waals surface area contributed by atoms with Crippen LogP contribution in [0.2, 0.25) is 0 Å². The van der Waals surface area contributed by atoms with E-state index in [0.717, 1.165) is 32.5 Å². The van der Waals surface area contributed by atoms with Gasteiger partial charge in [-0.15, -0.1) is 11.3 Å². The molecule has 10 heteroatoms. The van der Waals surface area contributed by atoms with Crippen molar-refractivity contribution in [3.05, 3.63) is 129 Å². The highest BCUT2D eigenvalue weighted by Crippen LogP contribution is 2.52. The first-order valence-electron chi connectivity index (χ1n) is 14.7. The van der Waals surface area contributed by atoms with Crippen LogP contribution in [0.5, 0.6) is 0 Å². The van der Waals surface area contributed by atoms with Crippen molar-refractivity contribution in [3.8, 4) is 34.3 Å². The molecule has 1 unspecified atom stereocenters. The first kappa shape index (κ1) is 29.8. The van der Waals surface area contributed by atoms with E-state index in [9.17, 15) is 14.4 Å². The van der Waals surface area contributed by atoms with Crippen LogP contribution in [0.15, 0.2) is 118 Å². The number of nitriles is 1. The Morgan fingerprint density at radius 3 is 2.41 bits per heavy atom. The number of aromatic nitrogens is 3. The lowest BCUT2D eigenvalue weighted by atomic mass is 9.68. The number of Topliss-reactive ketones (excluding diaryl/α,β-unsaturated/α-hetero) is 1. The van der Waals surface area contributed by atoms with E-state index in [-0.39, 0.29) is 28.4 Å². The number of nitrogens with two attached hydrogens (primary N) is 1. The van der Waals surface area contributed by atoms with Gasteiger partial charge < -0.3 is 5.73 Å². The van der Waals surface area contributed by atoms with Crippen LogP contribution in [0.3, 0.4) is 0 Å². The topological polar surface area (TPSA) is 101 Å². The number of para-hydroxylation sites is 1. The predicted molar refractivity (Wildman–Crippen MR) is 181 cm³/mol. The van der Waals surface area contributed by atoms with Gasteiger partial charge in [-0.2, -0.15) is 10.4 Å². The van der Waals surface area contributed by atoms with Gasteiger partial charge in [0.1, 0.15) is 11.6 Å². The maximum atomic E-state index is 14.3. The molecule has 0 fully saturated rings. The van der Waals surface area contributed by atoms with Gasteiger partial charge in [0.05, 0.1) is 34.6 Å². The highest BCUT2D eigenvalue weighted by molar-refractivity contribution is 9.10.